The quantitative estimate of drug-likeness (QED) is 0.297. The minimum absolute atomic E-state index is 0.0163. The van der Waals surface area contributed by atoms with Gasteiger partial charge in [0.2, 0.25) is 5.78 Å². The zero-order valence-corrected chi connectivity index (χ0v) is 16.7. The van der Waals surface area contributed by atoms with E-state index in [-0.39, 0.29) is 17.2 Å². The second-order valence-corrected chi connectivity index (χ2v) is 7.25. The number of carbonyl (C=O) groups is 1. The van der Waals surface area contributed by atoms with Crippen molar-refractivity contribution in [1.82, 2.24) is 0 Å². The minimum Gasteiger partial charge on any atom is -0.489 e. The van der Waals surface area contributed by atoms with E-state index in [2.05, 4.69) is 0 Å². The van der Waals surface area contributed by atoms with Gasteiger partial charge in [0.1, 0.15) is 18.1 Å². The molecule has 30 heavy (non-hydrogen) atoms. The van der Waals surface area contributed by atoms with Crippen molar-refractivity contribution in [3.05, 3.63) is 104 Å². The van der Waals surface area contributed by atoms with Crippen LogP contribution in [-0.4, -0.2) is 10.7 Å². The molecular weight excluding hydrogens is 406 g/mol. The maximum Gasteiger partial charge on any atom is 0.269 e. The number of allylic oxidation sites excluding steroid dienone is 1. The second kappa shape index (κ2) is 8.00. The summed E-state index contributed by atoms with van der Waals surface area (Å²) in [6, 6.07) is 16.7. The van der Waals surface area contributed by atoms with E-state index in [4.69, 9.17) is 21.1 Å². The predicted octanol–water partition coefficient (Wildman–Crippen LogP) is 5.75. The summed E-state index contributed by atoms with van der Waals surface area (Å²) in [6.07, 6.45) is 1.57. The number of ketones is 1. The molecule has 3 aromatic carbocycles. The Balaban J connectivity index is 1.54. The lowest BCUT2D eigenvalue weighted by molar-refractivity contribution is -0.384. The van der Waals surface area contributed by atoms with Gasteiger partial charge in [-0.3, -0.25) is 14.9 Å². The molecule has 0 saturated carbocycles. The van der Waals surface area contributed by atoms with Gasteiger partial charge in [0.15, 0.2) is 5.76 Å². The largest absolute Gasteiger partial charge is 0.489 e. The van der Waals surface area contributed by atoms with Crippen molar-refractivity contribution >= 4 is 29.1 Å². The molecule has 0 aliphatic carbocycles. The molecule has 0 saturated heterocycles. The van der Waals surface area contributed by atoms with E-state index in [1.165, 1.54) is 12.1 Å². The van der Waals surface area contributed by atoms with Crippen molar-refractivity contribution in [2.75, 3.05) is 0 Å². The molecule has 7 heteroatoms. The molecule has 3 aromatic rings. The Morgan fingerprint density at radius 2 is 1.80 bits per heavy atom. The van der Waals surface area contributed by atoms with Crippen LogP contribution >= 0.6 is 11.6 Å². The third-order valence-electron chi connectivity index (χ3n) is 4.66. The average Bonchev–Trinajstić information content (AvgIpc) is 3.03. The molecule has 6 nitrogen and oxygen atoms in total. The zero-order valence-electron chi connectivity index (χ0n) is 15.9. The van der Waals surface area contributed by atoms with Gasteiger partial charge in [0.05, 0.1) is 10.5 Å². The highest BCUT2D eigenvalue weighted by Crippen LogP contribution is 2.37. The van der Waals surface area contributed by atoms with Gasteiger partial charge in [-0.1, -0.05) is 23.7 Å². The lowest BCUT2D eigenvalue weighted by Gasteiger charge is -2.09. The van der Waals surface area contributed by atoms with Crippen LogP contribution in [-0.2, 0) is 6.61 Å². The minimum atomic E-state index is -0.473. The summed E-state index contributed by atoms with van der Waals surface area (Å²) >= 11 is 5.90. The molecule has 0 N–H and O–H groups in total. The van der Waals surface area contributed by atoms with Crippen molar-refractivity contribution < 1.29 is 19.2 Å². The first kappa shape index (κ1) is 19.7. The van der Waals surface area contributed by atoms with Crippen molar-refractivity contribution in [1.29, 1.82) is 0 Å². The lowest BCUT2D eigenvalue weighted by atomic mass is 10.0. The number of hydrogen-bond acceptors (Lipinski definition) is 5. The summed E-state index contributed by atoms with van der Waals surface area (Å²) in [5, 5.41) is 11.4. The highest BCUT2D eigenvalue weighted by atomic mass is 35.5. The number of Topliss-reactive ketones (excluding diaryl/α,β-unsaturated/α-hetero) is 1. The van der Waals surface area contributed by atoms with Crippen molar-refractivity contribution in [3.63, 3.8) is 0 Å². The number of hydrogen-bond donors (Lipinski definition) is 0. The number of nitrogens with zero attached hydrogens (tertiary/aromatic N) is 1. The SMILES string of the molecule is Cc1cc(OCc2ccc(Cl)cc2)cc2c1C(=O)/C(=C/c1ccc([N+](=O)[O-])cc1)O2. The molecule has 0 unspecified atom stereocenters. The molecule has 0 aromatic heterocycles. The van der Waals surface area contributed by atoms with E-state index in [0.717, 1.165) is 11.1 Å². The molecule has 0 atom stereocenters. The van der Waals surface area contributed by atoms with Crippen LogP contribution in [0.1, 0.15) is 27.0 Å². The highest BCUT2D eigenvalue weighted by molar-refractivity contribution is 6.30. The maximum atomic E-state index is 12.8. The Labute approximate surface area is 177 Å². The van der Waals surface area contributed by atoms with Gasteiger partial charge in [0, 0.05) is 23.2 Å². The Hall–Kier alpha value is -3.64. The molecule has 1 aliphatic heterocycles. The molecule has 1 aliphatic rings. The molecule has 1 heterocycles. The zero-order chi connectivity index (χ0) is 21.3. The normalized spacial score (nSPS) is 13.8. The summed E-state index contributed by atoms with van der Waals surface area (Å²) in [4.78, 5) is 23.1. The first-order valence-corrected chi connectivity index (χ1v) is 9.49. The van der Waals surface area contributed by atoms with Crippen LogP contribution in [0, 0.1) is 17.0 Å². The summed E-state index contributed by atoms with van der Waals surface area (Å²) in [6.45, 7) is 2.18. The Morgan fingerprint density at radius 3 is 2.47 bits per heavy atom. The monoisotopic (exact) mass is 421 g/mol. The van der Waals surface area contributed by atoms with Crippen LogP contribution in [0.3, 0.4) is 0 Å². The highest BCUT2D eigenvalue weighted by Gasteiger charge is 2.30. The van der Waals surface area contributed by atoms with Crippen LogP contribution in [0.2, 0.25) is 5.02 Å². The van der Waals surface area contributed by atoms with Crippen LogP contribution in [0.5, 0.6) is 11.5 Å². The molecule has 0 spiro atoms. The fraction of sp³-hybridized carbons (Fsp3) is 0.0870. The molecule has 0 fully saturated rings. The fourth-order valence-corrected chi connectivity index (χ4v) is 3.28. The summed E-state index contributed by atoms with van der Waals surface area (Å²) in [7, 11) is 0. The standard InChI is InChI=1S/C23H16ClNO5/c1-14-10-19(29-13-16-2-6-17(24)7-3-16)12-20-22(14)23(26)21(30-20)11-15-4-8-18(9-5-15)25(27)28/h2-12H,13H2,1H3/b21-11-. The topological polar surface area (TPSA) is 78.7 Å². The number of non-ortho nitro benzene ring substituents is 1. The van der Waals surface area contributed by atoms with Crippen molar-refractivity contribution in [2.45, 2.75) is 13.5 Å². The molecule has 0 amide bonds. The van der Waals surface area contributed by atoms with Crippen molar-refractivity contribution in [2.24, 2.45) is 0 Å². The van der Waals surface area contributed by atoms with Crippen LogP contribution < -0.4 is 9.47 Å². The summed E-state index contributed by atoms with van der Waals surface area (Å²) in [5.74, 6) is 0.951. The van der Waals surface area contributed by atoms with E-state index in [9.17, 15) is 14.9 Å². The van der Waals surface area contributed by atoms with Gasteiger partial charge < -0.3 is 9.47 Å². The Bertz CT molecular complexity index is 1170. The third-order valence-corrected chi connectivity index (χ3v) is 4.92. The Morgan fingerprint density at radius 1 is 1.10 bits per heavy atom. The van der Waals surface area contributed by atoms with E-state index in [0.29, 0.717) is 34.3 Å². The second-order valence-electron chi connectivity index (χ2n) is 6.82. The number of fused-ring (bicyclic) bond motifs is 1. The maximum absolute atomic E-state index is 12.8. The number of nitro benzene ring substituents is 1. The molecule has 4 rings (SSSR count). The number of rotatable bonds is 5. The predicted molar refractivity (Wildman–Crippen MR) is 113 cm³/mol. The molecule has 0 radical (unpaired) electrons. The Kier molecular flexibility index (Phi) is 5.25. The first-order valence-electron chi connectivity index (χ1n) is 9.11. The lowest BCUT2D eigenvalue weighted by Crippen LogP contribution is -2.00. The number of nitro groups is 1. The number of halogens is 1. The third kappa shape index (κ3) is 4.04. The van der Waals surface area contributed by atoms with E-state index in [1.54, 1.807) is 42.5 Å². The number of carbonyl (C=O) groups excluding carboxylic acids is 1. The average molecular weight is 422 g/mol. The number of aryl methyl sites for hydroxylation is 1. The van der Waals surface area contributed by atoms with E-state index >= 15 is 0 Å². The van der Waals surface area contributed by atoms with Gasteiger partial charge in [-0.25, -0.2) is 0 Å². The van der Waals surface area contributed by atoms with Gasteiger partial charge >= 0.3 is 0 Å². The van der Waals surface area contributed by atoms with Crippen LogP contribution in [0.4, 0.5) is 5.69 Å². The van der Waals surface area contributed by atoms with E-state index < -0.39 is 4.92 Å². The van der Waals surface area contributed by atoms with Gasteiger partial charge in [0.25, 0.3) is 5.69 Å². The fourth-order valence-electron chi connectivity index (χ4n) is 3.15. The van der Waals surface area contributed by atoms with Gasteiger partial charge in [-0.2, -0.15) is 0 Å². The van der Waals surface area contributed by atoms with Gasteiger partial charge in [-0.15, -0.1) is 0 Å². The number of ether oxygens (including phenoxy) is 2. The molecular formula is C23H16ClNO5. The van der Waals surface area contributed by atoms with Crippen molar-refractivity contribution in [3.8, 4) is 11.5 Å². The van der Waals surface area contributed by atoms with Crippen LogP contribution in [0.15, 0.2) is 66.4 Å². The number of benzene rings is 3. The first-order chi connectivity index (χ1) is 14.4. The smallest absolute Gasteiger partial charge is 0.269 e. The van der Waals surface area contributed by atoms with E-state index in [1.807, 2.05) is 19.1 Å². The molecule has 150 valence electrons. The molecule has 0 bridgehead atoms. The van der Waals surface area contributed by atoms with Crippen LogP contribution in [0.25, 0.3) is 6.08 Å². The summed E-state index contributed by atoms with van der Waals surface area (Å²) < 4.78 is 11.6. The summed E-state index contributed by atoms with van der Waals surface area (Å²) in [5.41, 5.74) is 2.82. The van der Waals surface area contributed by atoms with Gasteiger partial charge in [-0.05, 0) is 60.0 Å².